The molecule has 0 aliphatic carbocycles. The van der Waals surface area contributed by atoms with Crippen LogP contribution in [0.2, 0.25) is 0 Å². The Labute approximate surface area is 156 Å². The number of methoxy groups -OCH3 is 1. The molecule has 1 aromatic heterocycles. The van der Waals surface area contributed by atoms with Crippen molar-refractivity contribution in [2.75, 3.05) is 12.4 Å². The number of benzene rings is 2. The van der Waals surface area contributed by atoms with Crippen molar-refractivity contribution in [3.05, 3.63) is 54.1 Å². The molecule has 2 N–H and O–H groups in total. The zero-order valence-electron chi connectivity index (χ0n) is 14.8. The lowest BCUT2D eigenvalue weighted by atomic mass is 10.2. The SMILES string of the molecule is COc1ccc(-c2nc(SC(C)C(=O)Nc3ccc(C)cc3)n[nH]2)cc1. The van der Waals surface area contributed by atoms with Crippen molar-refractivity contribution in [3.8, 4) is 17.1 Å². The van der Waals surface area contributed by atoms with Crippen LogP contribution in [0.4, 0.5) is 5.69 Å². The van der Waals surface area contributed by atoms with Crippen LogP contribution in [0.5, 0.6) is 5.75 Å². The molecule has 3 rings (SSSR count). The lowest BCUT2D eigenvalue weighted by Crippen LogP contribution is -2.22. The number of aromatic amines is 1. The number of hydrogen-bond acceptors (Lipinski definition) is 5. The number of aromatic nitrogens is 3. The number of amides is 1. The van der Waals surface area contributed by atoms with Gasteiger partial charge < -0.3 is 10.1 Å². The van der Waals surface area contributed by atoms with Crippen LogP contribution in [0.1, 0.15) is 12.5 Å². The van der Waals surface area contributed by atoms with E-state index in [2.05, 4.69) is 20.5 Å². The van der Waals surface area contributed by atoms with E-state index >= 15 is 0 Å². The normalized spacial score (nSPS) is 11.8. The lowest BCUT2D eigenvalue weighted by Gasteiger charge is -2.10. The summed E-state index contributed by atoms with van der Waals surface area (Å²) in [5.74, 6) is 1.35. The fraction of sp³-hybridized carbons (Fsp3) is 0.211. The van der Waals surface area contributed by atoms with Crippen LogP contribution in [0.25, 0.3) is 11.4 Å². The molecule has 26 heavy (non-hydrogen) atoms. The second-order valence-corrected chi connectivity index (χ2v) is 7.12. The van der Waals surface area contributed by atoms with Gasteiger partial charge >= 0.3 is 0 Å². The summed E-state index contributed by atoms with van der Waals surface area (Å²) in [5, 5.41) is 10.2. The average molecular weight is 368 g/mol. The molecule has 1 atom stereocenters. The van der Waals surface area contributed by atoms with Crippen LogP contribution in [-0.2, 0) is 4.79 Å². The van der Waals surface area contributed by atoms with Gasteiger partial charge in [-0.15, -0.1) is 5.10 Å². The summed E-state index contributed by atoms with van der Waals surface area (Å²) in [6.07, 6.45) is 0. The van der Waals surface area contributed by atoms with Gasteiger partial charge in [0, 0.05) is 11.3 Å². The number of nitrogens with zero attached hydrogens (tertiary/aromatic N) is 2. The molecule has 7 heteroatoms. The predicted molar refractivity (Wildman–Crippen MR) is 103 cm³/mol. The third-order valence-corrected chi connectivity index (χ3v) is 4.76. The zero-order valence-corrected chi connectivity index (χ0v) is 15.6. The van der Waals surface area contributed by atoms with Crippen LogP contribution in [0.3, 0.4) is 0 Å². The fourth-order valence-electron chi connectivity index (χ4n) is 2.27. The maximum absolute atomic E-state index is 12.3. The highest BCUT2D eigenvalue weighted by Crippen LogP contribution is 2.24. The van der Waals surface area contributed by atoms with Gasteiger partial charge in [0.2, 0.25) is 11.1 Å². The molecule has 6 nitrogen and oxygen atoms in total. The van der Waals surface area contributed by atoms with Crippen molar-refractivity contribution in [3.63, 3.8) is 0 Å². The van der Waals surface area contributed by atoms with Crippen LogP contribution >= 0.6 is 11.8 Å². The van der Waals surface area contributed by atoms with E-state index in [9.17, 15) is 4.79 Å². The number of nitrogens with one attached hydrogen (secondary N) is 2. The third kappa shape index (κ3) is 4.43. The van der Waals surface area contributed by atoms with Crippen molar-refractivity contribution in [2.24, 2.45) is 0 Å². The van der Waals surface area contributed by atoms with Gasteiger partial charge in [-0.2, -0.15) is 0 Å². The number of aryl methyl sites for hydroxylation is 1. The molecule has 134 valence electrons. The largest absolute Gasteiger partial charge is 0.497 e. The van der Waals surface area contributed by atoms with Crippen LogP contribution in [0, 0.1) is 6.92 Å². The van der Waals surface area contributed by atoms with Crippen LogP contribution in [-0.4, -0.2) is 33.4 Å². The zero-order chi connectivity index (χ0) is 18.5. The van der Waals surface area contributed by atoms with Crippen molar-refractivity contribution < 1.29 is 9.53 Å². The molecule has 3 aromatic rings. The lowest BCUT2D eigenvalue weighted by molar-refractivity contribution is -0.115. The van der Waals surface area contributed by atoms with Gasteiger partial charge in [0.1, 0.15) is 5.75 Å². The molecule has 1 unspecified atom stereocenters. The third-order valence-electron chi connectivity index (χ3n) is 3.80. The number of hydrogen-bond donors (Lipinski definition) is 2. The highest BCUT2D eigenvalue weighted by molar-refractivity contribution is 8.00. The molecule has 0 spiro atoms. The molecule has 0 saturated carbocycles. The minimum atomic E-state index is -0.323. The van der Waals surface area contributed by atoms with Gasteiger partial charge in [0.25, 0.3) is 0 Å². The summed E-state index contributed by atoms with van der Waals surface area (Å²) < 4.78 is 5.15. The molecule has 0 fully saturated rings. The summed E-state index contributed by atoms with van der Waals surface area (Å²) in [5.41, 5.74) is 2.83. The summed E-state index contributed by atoms with van der Waals surface area (Å²) in [4.78, 5) is 16.8. The second-order valence-electron chi connectivity index (χ2n) is 5.81. The Hall–Kier alpha value is -2.80. The maximum atomic E-state index is 12.3. The van der Waals surface area contributed by atoms with Gasteiger partial charge in [0.05, 0.1) is 12.4 Å². The van der Waals surface area contributed by atoms with E-state index in [0.717, 1.165) is 22.6 Å². The summed E-state index contributed by atoms with van der Waals surface area (Å²) in [6.45, 7) is 3.84. The quantitative estimate of drug-likeness (QED) is 0.645. The Balaban J connectivity index is 1.62. The summed E-state index contributed by atoms with van der Waals surface area (Å²) in [6, 6.07) is 15.2. The van der Waals surface area contributed by atoms with Crippen molar-refractivity contribution in [1.29, 1.82) is 0 Å². The van der Waals surface area contributed by atoms with E-state index in [1.54, 1.807) is 7.11 Å². The number of anilines is 1. The van der Waals surface area contributed by atoms with Gasteiger partial charge in [-0.3, -0.25) is 9.89 Å². The van der Waals surface area contributed by atoms with Crippen molar-refractivity contribution >= 4 is 23.4 Å². The molecule has 0 saturated heterocycles. The van der Waals surface area contributed by atoms with Crippen molar-refractivity contribution in [2.45, 2.75) is 24.3 Å². The minimum Gasteiger partial charge on any atom is -0.497 e. The van der Waals surface area contributed by atoms with Crippen molar-refractivity contribution in [1.82, 2.24) is 15.2 Å². The highest BCUT2D eigenvalue weighted by Gasteiger charge is 2.17. The van der Waals surface area contributed by atoms with Gasteiger partial charge in [-0.1, -0.05) is 29.5 Å². The predicted octanol–water partition coefficient (Wildman–Crippen LogP) is 3.91. The molecule has 0 aliphatic rings. The van der Waals surface area contributed by atoms with E-state index in [4.69, 9.17) is 4.74 Å². The molecule has 1 heterocycles. The van der Waals surface area contributed by atoms with Crippen LogP contribution < -0.4 is 10.1 Å². The van der Waals surface area contributed by atoms with E-state index in [-0.39, 0.29) is 11.2 Å². The summed E-state index contributed by atoms with van der Waals surface area (Å²) in [7, 11) is 1.63. The monoisotopic (exact) mass is 368 g/mol. The van der Waals surface area contributed by atoms with Gasteiger partial charge in [0.15, 0.2) is 5.82 Å². The average Bonchev–Trinajstić information content (AvgIpc) is 3.12. The topological polar surface area (TPSA) is 79.9 Å². The Morgan fingerprint density at radius 3 is 2.50 bits per heavy atom. The van der Waals surface area contributed by atoms with Gasteiger partial charge in [-0.05, 0) is 50.2 Å². The first-order chi connectivity index (χ1) is 12.5. The Kier molecular flexibility index (Phi) is 5.58. The first-order valence-corrected chi connectivity index (χ1v) is 9.04. The van der Waals surface area contributed by atoms with Gasteiger partial charge in [-0.25, -0.2) is 4.98 Å². The van der Waals surface area contributed by atoms with E-state index < -0.39 is 0 Å². The fourth-order valence-corrected chi connectivity index (χ4v) is 2.99. The molecule has 1 amide bonds. The highest BCUT2D eigenvalue weighted by atomic mass is 32.2. The summed E-state index contributed by atoms with van der Waals surface area (Å²) >= 11 is 1.31. The molecule has 2 aromatic carbocycles. The number of carbonyl (C=O) groups is 1. The number of ether oxygens (including phenoxy) is 1. The number of carbonyl (C=O) groups excluding carboxylic acids is 1. The first-order valence-electron chi connectivity index (χ1n) is 8.16. The molecule has 0 radical (unpaired) electrons. The van der Waals surface area contributed by atoms with Crippen LogP contribution in [0.15, 0.2) is 53.7 Å². The Morgan fingerprint density at radius 1 is 1.15 bits per heavy atom. The Morgan fingerprint density at radius 2 is 1.85 bits per heavy atom. The standard InChI is InChI=1S/C19H20N4O2S/c1-12-4-8-15(9-5-12)20-18(24)13(2)26-19-21-17(22-23-19)14-6-10-16(25-3)11-7-14/h4-11,13H,1-3H3,(H,20,24)(H,21,22,23). The smallest absolute Gasteiger partial charge is 0.237 e. The van der Waals surface area contributed by atoms with E-state index in [1.807, 2.05) is 62.4 Å². The first kappa shape index (κ1) is 18.0. The Bertz CT molecular complexity index is 875. The minimum absolute atomic E-state index is 0.0883. The molecule has 0 bridgehead atoms. The maximum Gasteiger partial charge on any atom is 0.237 e. The second kappa shape index (κ2) is 8.05. The van der Waals surface area contributed by atoms with E-state index in [1.165, 1.54) is 11.8 Å². The molecular weight excluding hydrogens is 348 g/mol. The number of H-pyrrole nitrogens is 1. The number of rotatable bonds is 6. The molecule has 0 aliphatic heterocycles. The number of thioether (sulfide) groups is 1. The van der Waals surface area contributed by atoms with E-state index in [0.29, 0.717) is 11.0 Å². The molecular formula is C19H20N4O2S.